The van der Waals surface area contributed by atoms with Crippen LogP contribution in [0.1, 0.15) is 36.3 Å². The number of alkyl carbamates (subject to hydrolysis) is 1. The van der Waals surface area contributed by atoms with Gasteiger partial charge in [-0.15, -0.1) is 0 Å². The Kier molecular flexibility index (Phi) is 5.86. The number of rotatable bonds is 6. The van der Waals surface area contributed by atoms with Gasteiger partial charge in [0.15, 0.2) is 0 Å². The fourth-order valence-electron chi connectivity index (χ4n) is 4.54. The van der Waals surface area contributed by atoms with Gasteiger partial charge in [0.25, 0.3) is 0 Å². The van der Waals surface area contributed by atoms with Crippen molar-refractivity contribution in [1.82, 2.24) is 5.32 Å². The standard InChI is InChI=1S/C24H25NO5/c26-13-16(12-15-6-5-11-17(15)23(27)28)25-24(29)30-14-22-20-9-3-1-7-18(20)19-8-2-4-10-21(19)22/h1-4,7-10,12,16-17,22,26H,5-6,11,13-14H2,(H,25,29)(H,27,28)/b15-12-/t16-,17-/m1/s1. The van der Waals surface area contributed by atoms with Crippen LogP contribution in [0, 0.1) is 5.92 Å². The molecule has 4 rings (SSSR count). The Morgan fingerprint density at radius 3 is 2.33 bits per heavy atom. The number of benzene rings is 2. The Morgan fingerprint density at radius 1 is 1.10 bits per heavy atom. The molecule has 2 aromatic carbocycles. The van der Waals surface area contributed by atoms with Crippen LogP contribution >= 0.6 is 0 Å². The lowest BCUT2D eigenvalue weighted by Gasteiger charge is -2.18. The number of carboxylic acid groups (broad SMARTS) is 1. The van der Waals surface area contributed by atoms with E-state index >= 15 is 0 Å². The quantitative estimate of drug-likeness (QED) is 0.635. The molecule has 156 valence electrons. The molecule has 0 aliphatic heterocycles. The van der Waals surface area contributed by atoms with E-state index in [2.05, 4.69) is 17.4 Å². The van der Waals surface area contributed by atoms with Crippen LogP contribution in [0.2, 0.25) is 0 Å². The molecule has 2 aromatic rings. The zero-order valence-corrected chi connectivity index (χ0v) is 16.6. The summed E-state index contributed by atoms with van der Waals surface area (Å²) in [6, 6.07) is 15.5. The maximum absolute atomic E-state index is 12.4. The van der Waals surface area contributed by atoms with Crippen molar-refractivity contribution < 1.29 is 24.5 Å². The number of aliphatic hydroxyl groups is 1. The molecule has 2 aliphatic carbocycles. The zero-order chi connectivity index (χ0) is 21.1. The summed E-state index contributed by atoms with van der Waals surface area (Å²) < 4.78 is 5.50. The summed E-state index contributed by atoms with van der Waals surface area (Å²) in [4.78, 5) is 23.7. The Balaban J connectivity index is 1.42. The molecule has 1 amide bonds. The first-order valence-electron chi connectivity index (χ1n) is 10.2. The van der Waals surface area contributed by atoms with E-state index in [-0.39, 0.29) is 19.1 Å². The van der Waals surface area contributed by atoms with E-state index in [1.165, 1.54) is 0 Å². The first kappa shape index (κ1) is 20.2. The van der Waals surface area contributed by atoms with Crippen molar-refractivity contribution in [2.24, 2.45) is 5.92 Å². The molecule has 2 aliphatic rings. The monoisotopic (exact) mass is 407 g/mol. The number of aliphatic carboxylic acids is 1. The summed E-state index contributed by atoms with van der Waals surface area (Å²) in [5.41, 5.74) is 5.31. The lowest BCUT2D eigenvalue weighted by Crippen LogP contribution is -2.37. The largest absolute Gasteiger partial charge is 0.481 e. The van der Waals surface area contributed by atoms with Gasteiger partial charge in [-0.3, -0.25) is 4.79 Å². The van der Waals surface area contributed by atoms with Gasteiger partial charge in [0.2, 0.25) is 0 Å². The Morgan fingerprint density at radius 2 is 1.73 bits per heavy atom. The van der Waals surface area contributed by atoms with Gasteiger partial charge in [0.05, 0.1) is 18.6 Å². The number of nitrogens with one attached hydrogen (secondary N) is 1. The van der Waals surface area contributed by atoms with Crippen LogP contribution in [0.5, 0.6) is 0 Å². The maximum atomic E-state index is 12.4. The molecule has 0 saturated heterocycles. The number of ether oxygens (including phenoxy) is 1. The van der Waals surface area contributed by atoms with Gasteiger partial charge in [-0.25, -0.2) is 4.79 Å². The third kappa shape index (κ3) is 3.96. The van der Waals surface area contributed by atoms with Crippen molar-refractivity contribution in [3.63, 3.8) is 0 Å². The minimum atomic E-state index is -0.864. The van der Waals surface area contributed by atoms with E-state index in [4.69, 9.17) is 4.74 Å². The first-order chi connectivity index (χ1) is 14.6. The third-order valence-corrected chi connectivity index (χ3v) is 5.96. The number of amides is 1. The van der Waals surface area contributed by atoms with E-state index in [0.29, 0.717) is 12.8 Å². The summed E-state index contributed by atoms with van der Waals surface area (Å²) in [7, 11) is 0. The Labute approximate surface area is 175 Å². The number of hydrogen-bond acceptors (Lipinski definition) is 4. The highest BCUT2D eigenvalue weighted by Crippen LogP contribution is 2.44. The van der Waals surface area contributed by atoms with Crippen molar-refractivity contribution >= 4 is 12.1 Å². The predicted molar refractivity (Wildman–Crippen MR) is 112 cm³/mol. The summed E-state index contributed by atoms with van der Waals surface area (Å²) in [6.45, 7) is -0.133. The third-order valence-electron chi connectivity index (χ3n) is 5.96. The van der Waals surface area contributed by atoms with E-state index < -0.39 is 24.0 Å². The van der Waals surface area contributed by atoms with E-state index in [0.717, 1.165) is 34.2 Å². The highest BCUT2D eigenvalue weighted by atomic mass is 16.5. The van der Waals surface area contributed by atoms with Crippen LogP contribution in [0.15, 0.2) is 60.2 Å². The molecule has 0 unspecified atom stereocenters. The molecule has 30 heavy (non-hydrogen) atoms. The maximum Gasteiger partial charge on any atom is 0.407 e. The predicted octanol–water partition coefficient (Wildman–Crippen LogP) is 3.70. The molecule has 0 aromatic heterocycles. The van der Waals surface area contributed by atoms with Crippen LogP contribution in [-0.2, 0) is 9.53 Å². The van der Waals surface area contributed by atoms with Gasteiger partial charge >= 0.3 is 12.1 Å². The van der Waals surface area contributed by atoms with Crippen molar-refractivity contribution in [1.29, 1.82) is 0 Å². The molecule has 0 bridgehead atoms. The summed E-state index contributed by atoms with van der Waals surface area (Å²) >= 11 is 0. The molecular formula is C24H25NO5. The first-order valence-corrected chi connectivity index (χ1v) is 10.2. The molecule has 6 nitrogen and oxygen atoms in total. The van der Waals surface area contributed by atoms with Crippen LogP contribution < -0.4 is 5.32 Å². The average Bonchev–Trinajstić information content (AvgIpc) is 3.34. The SMILES string of the molecule is O=C(N[C@H](/C=C1/CCC[C@H]1C(=O)O)CO)OCC1c2ccccc2-c2ccccc21. The Hall–Kier alpha value is -3.12. The summed E-state index contributed by atoms with van der Waals surface area (Å²) in [6.07, 6.45) is 3.08. The molecule has 0 radical (unpaired) electrons. The molecule has 6 heteroatoms. The number of carbonyl (C=O) groups excluding carboxylic acids is 1. The van der Waals surface area contributed by atoms with Crippen molar-refractivity contribution in [3.8, 4) is 11.1 Å². The lowest BCUT2D eigenvalue weighted by molar-refractivity contribution is -0.140. The van der Waals surface area contributed by atoms with Gasteiger partial charge in [-0.2, -0.15) is 0 Å². The van der Waals surface area contributed by atoms with Gasteiger partial charge in [0, 0.05) is 5.92 Å². The van der Waals surface area contributed by atoms with Crippen LogP contribution in [0.4, 0.5) is 4.79 Å². The number of carboxylic acids is 1. The lowest BCUT2D eigenvalue weighted by atomic mass is 9.98. The van der Waals surface area contributed by atoms with Crippen molar-refractivity contribution in [2.75, 3.05) is 13.2 Å². The highest BCUT2D eigenvalue weighted by Gasteiger charge is 2.30. The minimum Gasteiger partial charge on any atom is -0.481 e. The van der Waals surface area contributed by atoms with Gasteiger partial charge in [0.1, 0.15) is 6.61 Å². The number of fused-ring (bicyclic) bond motifs is 3. The normalized spacial score (nSPS) is 19.9. The average molecular weight is 407 g/mol. The van der Waals surface area contributed by atoms with E-state index in [1.807, 2.05) is 36.4 Å². The van der Waals surface area contributed by atoms with E-state index in [1.54, 1.807) is 6.08 Å². The molecule has 1 fully saturated rings. The molecule has 0 heterocycles. The van der Waals surface area contributed by atoms with Crippen LogP contribution in [0.3, 0.4) is 0 Å². The minimum absolute atomic E-state index is 0.0414. The second-order valence-electron chi connectivity index (χ2n) is 7.78. The second kappa shape index (κ2) is 8.71. The van der Waals surface area contributed by atoms with Gasteiger partial charge < -0.3 is 20.3 Å². The number of aliphatic hydroxyl groups excluding tert-OH is 1. The summed E-state index contributed by atoms with van der Waals surface area (Å²) in [5, 5.41) is 21.6. The van der Waals surface area contributed by atoms with Crippen molar-refractivity contribution in [3.05, 3.63) is 71.3 Å². The van der Waals surface area contributed by atoms with Gasteiger partial charge in [-0.1, -0.05) is 60.2 Å². The highest BCUT2D eigenvalue weighted by molar-refractivity contribution is 5.79. The van der Waals surface area contributed by atoms with Crippen LogP contribution in [-0.4, -0.2) is 41.5 Å². The molecule has 0 spiro atoms. The van der Waals surface area contributed by atoms with Crippen LogP contribution in [0.25, 0.3) is 11.1 Å². The topological polar surface area (TPSA) is 95.9 Å². The second-order valence-corrected chi connectivity index (χ2v) is 7.78. The van der Waals surface area contributed by atoms with E-state index in [9.17, 15) is 19.8 Å². The molecule has 1 saturated carbocycles. The summed E-state index contributed by atoms with van der Waals surface area (Å²) in [5.74, 6) is -1.44. The fraction of sp³-hybridized carbons (Fsp3) is 0.333. The number of carbonyl (C=O) groups is 2. The van der Waals surface area contributed by atoms with Gasteiger partial charge in [-0.05, 0) is 41.5 Å². The smallest absolute Gasteiger partial charge is 0.407 e. The fourth-order valence-corrected chi connectivity index (χ4v) is 4.54. The molecule has 2 atom stereocenters. The number of hydrogen-bond donors (Lipinski definition) is 3. The molecular weight excluding hydrogens is 382 g/mol. The zero-order valence-electron chi connectivity index (χ0n) is 16.6. The Bertz CT molecular complexity index is 938. The molecule has 3 N–H and O–H groups in total. The van der Waals surface area contributed by atoms with Crippen molar-refractivity contribution in [2.45, 2.75) is 31.2 Å².